The number of carboxylic acid groups (broad SMARTS) is 1. The number of thiazole rings is 1. The molecule has 1 aromatic heterocycles. The van der Waals surface area contributed by atoms with Gasteiger partial charge in [0.05, 0.1) is 17.4 Å². The number of rotatable bonds is 9. The Morgan fingerprint density at radius 3 is 2.42 bits per heavy atom. The number of amides is 2. The van der Waals surface area contributed by atoms with Gasteiger partial charge < -0.3 is 15.7 Å². The third-order valence-electron chi connectivity index (χ3n) is 4.19. The zero-order chi connectivity index (χ0) is 22.2. The van der Waals surface area contributed by atoms with Crippen molar-refractivity contribution in [3.05, 3.63) is 60.0 Å². The molecule has 0 aliphatic rings. The molecule has 0 spiro atoms. The number of benzene rings is 2. The summed E-state index contributed by atoms with van der Waals surface area (Å²) in [6, 6.07) is 16.8. The molecule has 9 heteroatoms. The van der Waals surface area contributed by atoms with Crippen molar-refractivity contribution in [3.63, 3.8) is 0 Å². The predicted molar refractivity (Wildman–Crippen MR) is 123 cm³/mol. The maximum Gasteiger partial charge on any atom is 0.303 e. The standard InChI is InChI=1S/C22H21N3O4S2/c1-14(21(29)25-22-24-18(13-30-22)15-5-3-2-4-6-15)31-17-9-7-16(8-10-17)23-19(26)11-12-20(27)28/h2-10,13-14H,11-12H2,1H3,(H,23,26)(H,27,28)(H,24,25,29). The van der Waals surface area contributed by atoms with Crippen molar-refractivity contribution < 1.29 is 19.5 Å². The molecule has 3 aromatic rings. The number of nitrogens with zero attached hydrogens (tertiary/aromatic N) is 1. The van der Waals surface area contributed by atoms with Crippen LogP contribution in [-0.2, 0) is 14.4 Å². The predicted octanol–water partition coefficient (Wildman–Crippen LogP) is 4.73. The van der Waals surface area contributed by atoms with Crippen LogP contribution in [0, 0.1) is 0 Å². The van der Waals surface area contributed by atoms with E-state index in [0.29, 0.717) is 10.8 Å². The second-order valence-corrected chi connectivity index (χ2v) is 8.89. The fourth-order valence-electron chi connectivity index (χ4n) is 2.60. The van der Waals surface area contributed by atoms with E-state index in [2.05, 4.69) is 15.6 Å². The number of thioether (sulfide) groups is 1. The SMILES string of the molecule is CC(Sc1ccc(NC(=O)CCC(=O)O)cc1)C(=O)Nc1nc(-c2ccccc2)cs1. The lowest BCUT2D eigenvalue weighted by atomic mass is 10.2. The van der Waals surface area contributed by atoms with Gasteiger partial charge in [-0.3, -0.25) is 14.4 Å². The lowest BCUT2D eigenvalue weighted by Crippen LogP contribution is -2.22. The molecule has 1 heterocycles. The van der Waals surface area contributed by atoms with E-state index in [1.54, 1.807) is 24.3 Å². The third-order valence-corrected chi connectivity index (χ3v) is 6.06. The molecular formula is C22H21N3O4S2. The number of carboxylic acids is 1. The zero-order valence-corrected chi connectivity index (χ0v) is 18.3. The van der Waals surface area contributed by atoms with Crippen LogP contribution in [-0.4, -0.2) is 33.1 Å². The fraction of sp³-hybridized carbons (Fsp3) is 0.182. The molecule has 3 N–H and O–H groups in total. The molecule has 0 saturated carbocycles. The summed E-state index contributed by atoms with van der Waals surface area (Å²) in [6.45, 7) is 1.81. The first kappa shape index (κ1) is 22.5. The van der Waals surface area contributed by atoms with Crippen LogP contribution in [0.15, 0.2) is 64.9 Å². The summed E-state index contributed by atoms with van der Waals surface area (Å²) in [7, 11) is 0. The monoisotopic (exact) mass is 455 g/mol. The molecule has 1 atom stereocenters. The highest BCUT2D eigenvalue weighted by atomic mass is 32.2. The Kier molecular flexibility index (Phi) is 7.80. The summed E-state index contributed by atoms with van der Waals surface area (Å²) < 4.78 is 0. The first-order valence-electron chi connectivity index (χ1n) is 9.51. The van der Waals surface area contributed by atoms with Crippen LogP contribution < -0.4 is 10.6 Å². The largest absolute Gasteiger partial charge is 0.481 e. The molecule has 0 saturated heterocycles. The lowest BCUT2D eigenvalue weighted by molar-refractivity contribution is -0.138. The van der Waals surface area contributed by atoms with Crippen molar-refractivity contribution in [2.75, 3.05) is 10.6 Å². The van der Waals surface area contributed by atoms with Crippen molar-refractivity contribution in [2.24, 2.45) is 0 Å². The summed E-state index contributed by atoms with van der Waals surface area (Å²) >= 11 is 2.77. The lowest BCUT2D eigenvalue weighted by Gasteiger charge is -2.11. The van der Waals surface area contributed by atoms with Crippen molar-refractivity contribution in [2.45, 2.75) is 29.9 Å². The second-order valence-electron chi connectivity index (χ2n) is 6.62. The summed E-state index contributed by atoms with van der Waals surface area (Å²) in [5.41, 5.74) is 2.40. The minimum Gasteiger partial charge on any atom is -0.481 e. The molecule has 0 radical (unpaired) electrons. The van der Waals surface area contributed by atoms with Gasteiger partial charge in [0.1, 0.15) is 0 Å². The number of carbonyl (C=O) groups excluding carboxylic acids is 2. The topological polar surface area (TPSA) is 108 Å². The quantitative estimate of drug-likeness (QED) is 0.403. The molecule has 2 aromatic carbocycles. The van der Waals surface area contributed by atoms with Crippen molar-refractivity contribution in [3.8, 4) is 11.3 Å². The smallest absolute Gasteiger partial charge is 0.303 e. The van der Waals surface area contributed by atoms with Gasteiger partial charge in [0, 0.05) is 27.9 Å². The number of aromatic nitrogens is 1. The van der Waals surface area contributed by atoms with Crippen LogP contribution in [0.25, 0.3) is 11.3 Å². The Labute approximate surface area is 187 Å². The van der Waals surface area contributed by atoms with Gasteiger partial charge in [0.15, 0.2) is 5.13 Å². The van der Waals surface area contributed by atoms with Crippen LogP contribution >= 0.6 is 23.1 Å². The number of hydrogen-bond acceptors (Lipinski definition) is 6. The highest BCUT2D eigenvalue weighted by Gasteiger charge is 2.16. The Bertz CT molecular complexity index is 1050. The molecule has 7 nitrogen and oxygen atoms in total. The second kappa shape index (κ2) is 10.7. The minimum atomic E-state index is -1.01. The van der Waals surface area contributed by atoms with Gasteiger partial charge in [-0.25, -0.2) is 4.98 Å². The summed E-state index contributed by atoms with van der Waals surface area (Å²) in [4.78, 5) is 40.1. The molecule has 0 bridgehead atoms. The van der Waals surface area contributed by atoms with E-state index in [1.165, 1.54) is 23.1 Å². The Morgan fingerprint density at radius 2 is 1.74 bits per heavy atom. The maximum absolute atomic E-state index is 12.5. The molecule has 31 heavy (non-hydrogen) atoms. The zero-order valence-electron chi connectivity index (χ0n) is 16.7. The van der Waals surface area contributed by atoms with E-state index in [4.69, 9.17) is 5.11 Å². The van der Waals surface area contributed by atoms with Crippen LogP contribution in [0.4, 0.5) is 10.8 Å². The van der Waals surface area contributed by atoms with Gasteiger partial charge in [-0.15, -0.1) is 23.1 Å². The van der Waals surface area contributed by atoms with Crippen LogP contribution in [0.3, 0.4) is 0 Å². The normalized spacial score (nSPS) is 11.5. The number of carbonyl (C=O) groups is 3. The van der Waals surface area contributed by atoms with E-state index >= 15 is 0 Å². The van der Waals surface area contributed by atoms with Crippen molar-refractivity contribution >= 4 is 51.7 Å². The average molecular weight is 456 g/mol. The Hall–Kier alpha value is -3.17. The number of aliphatic carboxylic acids is 1. The molecule has 1 unspecified atom stereocenters. The maximum atomic E-state index is 12.5. The van der Waals surface area contributed by atoms with Crippen molar-refractivity contribution in [1.82, 2.24) is 4.98 Å². The molecule has 0 fully saturated rings. The minimum absolute atomic E-state index is 0.0776. The summed E-state index contributed by atoms with van der Waals surface area (Å²) in [5.74, 6) is -1.51. The first-order valence-corrected chi connectivity index (χ1v) is 11.3. The molecule has 0 aliphatic heterocycles. The Morgan fingerprint density at radius 1 is 1.03 bits per heavy atom. The fourth-order valence-corrected chi connectivity index (χ4v) is 4.19. The van der Waals surface area contributed by atoms with Crippen LogP contribution in [0.1, 0.15) is 19.8 Å². The van der Waals surface area contributed by atoms with Crippen LogP contribution in [0.5, 0.6) is 0 Å². The number of hydrogen-bond donors (Lipinski definition) is 3. The number of anilines is 2. The van der Waals surface area contributed by atoms with E-state index < -0.39 is 5.97 Å². The van der Waals surface area contributed by atoms with Gasteiger partial charge in [-0.1, -0.05) is 30.3 Å². The summed E-state index contributed by atoms with van der Waals surface area (Å²) in [6.07, 6.45) is -0.288. The van der Waals surface area contributed by atoms with Gasteiger partial charge in [-0.05, 0) is 31.2 Å². The number of nitrogens with one attached hydrogen (secondary N) is 2. The van der Waals surface area contributed by atoms with Gasteiger partial charge >= 0.3 is 5.97 Å². The molecule has 3 rings (SSSR count). The average Bonchev–Trinajstić information content (AvgIpc) is 3.22. The van der Waals surface area contributed by atoms with E-state index in [1.807, 2.05) is 42.6 Å². The Balaban J connectivity index is 1.51. The molecular weight excluding hydrogens is 434 g/mol. The molecule has 2 amide bonds. The molecule has 160 valence electrons. The van der Waals surface area contributed by atoms with E-state index in [9.17, 15) is 14.4 Å². The van der Waals surface area contributed by atoms with Crippen LogP contribution in [0.2, 0.25) is 0 Å². The van der Waals surface area contributed by atoms with Gasteiger partial charge in [-0.2, -0.15) is 0 Å². The summed E-state index contributed by atoms with van der Waals surface area (Å²) in [5, 5.41) is 16.2. The van der Waals surface area contributed by atoms with Crippen molar-refractivity contribution in [1.29, 1.82) is 0 Å². The van der Waals surface area contributed by atoms with Gasteiger partial charge in [0.2, 0.25) is 11.8 Å². The van der Waals surface area contributed by atoms with E-state index in [0.717, 1.165) is 16.2 Å². The first-order chi connectivity index (χ1) is 14.9. The van der Waals surface area contributed by atoms with Gasteiger partial charge in [0.25, 0.3) is 0 Å². The molecule has 0 aliphatic carbocycles. The highest BCUT2D eigenvalue weighted by Crippen LogP contribution is 2.28. The van der Waals surface area contributed by atoms with E-state index in [-0.39, 0.29) is 29.9 Å². The highest BCUT2D eigenvalue weighted by molar-refractivity contribution is 8.00. The third kappa shape index (κ3) is 6.94.